The van der Waals surface area contributed by atoms with E-state index in [1.807, 2.05) is 18.4 Å². The van der Waals surface area contributed by atoms with Gasteiger partial charge < -0.3 is 4.57 Å². The first kappa shape index (κ1) is 16.7. The van der Waals surface area contributed by atoms with Crippen LogP contribution in [0.3, 0.4) is 0 Å². The van der Waals surface area contributed by atoms with Gasteiger partial charge >= 0.3 is 0 Å². The number of nitrogens with zero attached hydrogens (tertiary/aromatic N) is 2. The zero-order valence-corrected chi connectivity index (χ0v) is 14.1. The molecule has 110 valence electrons. The van der Waals surface area contributed by atoms with E-state index < -0.39 is 10.0 Å². The Balaban J connectivity index is 2.90. The largest absolute Gasteiger partial charge is 0.334 e. The highest BCUT2D eigenvalue weighted by Crippen LogP contribution is 2.12. The molecule has 0 saturated carbocycles. The van der Waals surface area contributed by atoms with Gasteiger partial charge in [0, 0.05) is 24.1 Å². The lowest BCUT2D eigenvalue weighted by Crippen LogP contribution is -2.34. The fraction of sp³-hybridized carbons (Fsp3) is 0.750. The van der Waals surface area contributed by atoms with Gasteiger partial charge in [0.15, 0.2) is 5.03 Å². The highest BCUT2D eigenvalue weighted by molar-refractivity contribution is 9.09. The average molecular weight is 352 g/mol. The highest BCUT2D eigenvalue weighted by Gasteiger charge is 2.22. The third-order valence-electron chi connectivity index (χ3n) is 2.97. The van der Waals surface area contributed by atoms with E-state index in [0.717, 1.165) is 37.0 Å². The summed E-state index contributed by atoms with van der Waals surface area (Å²) in [5, 5.41) is 0.892. The molecule has 0 aliphatic carbocycles. The van der Waals surface area contributed by atoms with E-state index >= 15 is 0 Å². The number of halogens is 1. The summed E-state index contributed by atoms with van der Waals surface area (Å²) in [4.78, 5) is 4.15. The number of alkyl halides is 1. The standard InChI is InChI=1S/C12H22BrN3O2S/c1-4-8-16-9-12(14-10(16)3)19(17,18)15-11(5-2)6-7-13/h9,11,15H,4-8H2,1-3H3. The maximum atomic E-state index is 12.2. The second kappa shape index (κ2) is 7.40. The summed E-state index contributed by atoms with van der Waals surface area (Å²) >= 11 is 3.34. The van der Waals surface area contributed by atoms with Crippen LogP contribution in [0.5, 0.6) is 0 Å². The van der Waals surface area contributed by atoms with Gasteiger partial charge in [-0.2, -0.15) is 0 Å². The topological polar surface area (TPSA) is 64.0 Å². The zero-order chi connectivity index (χ0) is 14.5. The van der Waals surface area contributed by atoms with E-state index in [0.29, 0.717) is 0 Å². The Morgan fingerprint density at radius 1 is 1.47 bits per heavy atom. The molecule has 0 saturated heterocycles. The van der Waals surface area contributed by atoms with Crippen molar-refractivity contribution in [3.05, 3.63) is 12.0 Å². The van der Waals surface area contributed by atoms with Crippen LogP contribution in [-0.2, 0) is 16.6 Å². The van der Waals surface area contributed by atoms with E-state index in [1.165, 1.54) is 0 Å². The molecule has 0 fully saturated rings. The first-order valence-electron chi connectivity index (χ1n) is 6.56. The maximum Gasteiger partial charge on any atom is 0.259 e. The van der Waals surface area contributed by atoms with Crippen LogP contribution < -0.4 is 4.72 Å². The molecule has 0 aliphatic rings. The SMILES string of the molecule is CCCn1cc(S(=O)(=O)NC(CC)CCBr)nc1C. The Morgan fingerprint density at radius 2 is 2.16 bits per heavy atom. The van der Waals surface area contributed by atoms with Gasteiger partial charge in [-0.25, -0.2) is 18.1 Å². The van der Waals surface area contributed by atoms with Crippen molar-refractivity contribution in [2.45, 2.75) is 57.6 Å². The Morgan fingerprint density at radius 3 is 2.68 bits per heavy atom. The molecule has 0 radical (unpaired) electrons. The van der Waals surface area contributed by atoms with Crippen molar-refractivity contribution in [3.8, 4) is 0 Å². The summed E-state index contributed by atoms with van der Waals surface area (Å²) in [7, 11) is -3.52. The van der Waals surface area contributed by atoms with Crippen LogP contribution in [0.2, 0.25) is 0 Å². The fourth-order valence-electron chi connectivity index (χ4n) is 1.83. The van der Waals surface area contributed by atoms with E-state index in [-0.39, 0.29) is 11.1 Å². The van der Waals surface area contributed by atoms with E-state index in [1.54, 1.807) is 6.20 Å². The quantitative estimate of drug-likeness (QED) is 0.731. The summed E-state index contributed by atoms with van der Waals surface area (Å²) in [5.74, 6) is 0.732. The minimum absolute atomic E-state index is 0.0546. The molecule has 1 unspecified atom stereocenters. The summed E-state index contributed by atoms with van der Waals surface area (Å²) in [6, 6.07) is -0.0546. The van der Waals surface area contributed by atoms with Gasteiger partial charge in [0.25, 0.3) is 10.0 Å². The fourth-order valence-corrected chi connectivity index (χ4v) is 3.75. The van der Waals surface area contributed by atoms with E-state index in [9.17, 15) is 8.42 Å². The molecule has 5 nitrogen and oxygen atoms in total. The lowest BCUT2D eigenvalue weighted by atomic mass is 10.2. The number of rotatable bonds is 8. The number of sulfonamides is 1. The Labute approximate surface area is 124 Å². The van der Waals surface area contributed by atoms with Crippen molar-refractivity contribution in [2.75, 3.05) is 5.33 Å². The molecule has 0 aliphatic heterocycles. The summed E-state index contributed by atoms with van der Waals surface area (Å²) < 4.78 is 29.1. The summed E-state index contributed by atoms with van der Waals surface area (Å²) in [6.45, 7) is 6.63. The number of hydrogen-bond donors (Lipinski definition) is 1. The number of aryl methyl sites for hydroxylation is 2. The van der Waals surface area contributed by atoms with Crippen LogP contribution >= 0.6 is 15.9 Å². The number of hydrogen-bond acceptors (Lipinski definition) is 3. The Kier molecular flexibility index (Phi) is 6.49. The molecular formula is C12H22BrN3O2S. The third-order valence-corrected chi connectivity index (χ3v) is 4.81. The molecule has 1 N–H and O–H groups in total. The van der Waals surface area contributed by atoms with Gasteiger partial charge in [0.1, 0.15) is 5.82 Å². The number of nitrogens with one attached hydrogen (secondary N) is 1. The molecule has 1 aromatic heterocycles. The van der Waals surface area contributed by atoms with Gasteiger partial charge in [0.2, 0.25) is 0 Å². The summed E-state index contributed by atoms with van der Waals surface area (Å²) in [6.07, 6.45) is 4.09. The van der Waals surface area contributed by atoms with Gasteiger partial charge in [0.05, 0.1) is 0 Å². The normalized spacial score (nSPS) is 13.7. The van der Waals surface area contributed by atoms with Crippen LogP contribution in [0.25, 0.3) is 0 Å². The minimum Gasteiger partial charge on any atom is -0.334 e. The number of imidazole rings is 1. The monoisotopic (exact) mass is 351 g/mol. The van der Waals surface area contributed by atoms with Gasteiger partial charge in [-0.3, -0.25) is 0 Å². The third kappa shape index (κ3) is 4.57. The second-order valence-electron chi connectivity index (χ2n) is 4.52. The van der Waals surface area contributed by atoms with Crippen molar-refractivity contribution in [2.24, 2.45) is 0 Å². The highest BCUT2D eigenvalue weighted by atomic mass is 79.9. The Hall–Kier alpha value is -0.400. The zero-order valence-electron chi connectivity index (χ0n) is 11.7. The molecule has 0 bridgehead atoms. The van der Waals surface area contributed by atoms with Crippen molar-refractivity contribution in [3.63, 3.8) is 0 Å². The van der Waals surface area contributed by atoms with Crippen LogP contribution in [0.1, 0.15) is 38.9 Å². The lowest BCUT2D eigenvalue weighted by Gasteiger charge is -2.14. The molecule has 7 heteroatoms. The Bertz CT molecular complexity index is 499. The molecule has 1 rings (SSSR count). The van der Waals surface area contributed by atoms with Crippen molar-refractivity contribution in [1.29, 1.82) is 0 Å². The summed E-state index contributed by atoms with van der Waals surface area (Å²) in [5.41, 5.74) is 0. The molecule has 19 heavy (non-hydrogen) atoms. The van der Waals surface area contributed by atoms with E-state index in [2.05, 4.69) is 32.6 Å². The molecule has 1 atom stereocenters. The van der Waals surface area contributed by atoms with Gasteiger partial charge in [-0.05, 0) is 26.2 Å². The van der Waals surface area contributed by atoms with Crippen molar-refractivity contribution in [1.82, 2.24) is 14.3 Å². The molecule has 0 spiro atoms. The molecule has 1 aromatic rings. The van der Waals surface area contributed by atoms with Crippen LogP contribution in [-0.4, -0.2) is 29.3 Å². The van der Waals surface area contributed by atoms with Crippen LogP contribution in [0.4, 0.5) is 0 Å². The second-order valence-corrected chi connectivity index (χ2v) is 6.98. The minimum atomic E-state index is -3.52. The van der Waals surface area contributed by atoms with E-state index in [4.69, 9.17) is 0 Å². The molecule has 0 aromatic carbocycles. The lowest BCUT2D eigenvalue weighted by molar-refractivity contribution is 0.530. The molecule has 0 amide bonds. The van der Waals surface area contributed by atoms with Gasteiger partial charge in [-0.1, -0.05) is 29.8 Å². The van der Waals surface area contributed by atoms with Crippen molar-refractivity contribution < 1.29 is 8.42 Å². The number of aromatic nitrogens is 2. The predicted molar refractivity (Wildman–Crippen MR) is 80.1 cm³/mol. The van der Waals surface area contributed by atoms with Crippen LogP contribution in [0, 0.1) is 6.92 Å². The molecular weight excluding hydrogens is 330 g/mol. The first-order chi connectivity index (χ1) is 8.94. The van der Waals surface area contributed by atoms with Crippen molar-refractivity contribution >= 4 is 26.0 Å². The maximum absolute atomic E-state index is 12.2. The smallest absolute Gasteiger partial charge is 0.259 e. The average Bonchev–Trinajstić information content (AvgIpc) is 2.72. The van der Waals surface area contributed by atoms with Gasteiger partial charge in [-0.15, -0.1) is 0 Å². The first-order valence-corrected chi connectivity index (χ1v) is 9.17. The predicted octanol–water partition coefficient (Wildman–Crippen LogP) is 2.44. The molecule has 1 heterocycles. The van der Waals surface area contributed by atoms with Crippen LogP contribution in [0.15, 0.2) is 11.2 Å².